The van der Waals surface area contributed by atoms with Gasteiger partial charge in [-0.2, -0.15) is 0 Å². The van der Waals surface area contributed by atoms with E-state index in [1.807, 2.05) is 21.1 Å². The standard InChI is InChI=1S/C49H91NO7/c1-6-8-10-12-14-16-18-20-22-23-24-25-26-28-29-31-33-35-37-39-47(51)56-44-45(43-55-42-41-46(49(53)54)50(3,4)5)57-48(52)40-38-36-34-32-30-27-21-19-17-15-13-11-9-7-2/h13,15,19,21,45-46H,6-12,14,16-18,20,22-44H2,1-5H3/p+1/b15-13-,21-19-. The average molecular weight is 807 g/mol. The lowest BCUT2D eigenvalue weighted by Crippen LogP contribution is -2.50. The summed E-state index contributed by atoms with van der Waals surface area (Å²) in [6.07, 6.45) is 45.1. The maximum absolute atomic E-state index is 12.7. The van der Waals surface area contributed by atoms with Gasteiger partial charge in [-0.1, -0.05) is 186 Å². The predicted octanol–water partition coefficient (Wildman–Crippen LogP) is 13.3. The van der Waals surface area contributed by atoms with E-state index in [9.17, 15) is 19.5 Å². The Morgan fingerprint density at radius 3 is 1.40 bits per heavy atom. The Morgan fingerprint density at radius 1 is 0.526 bits per heavy atom. The Morgan fingerprint density at radius 2 is 0.947 bits per heavy atom. The number of carbonyl (C=O) groups is 3. The number of allylic oxidation sites excluding steroid dienone is 4. The second-order valence-electron chi connectivity index (χ2n) is 17.4. The summed E-state index contributed by atoms with van der Waals surface area (Å²) in [6.45, 7) is 4.71. The van der Waals surface area contributed by atoms with Gasteiger partial charge < -0.3 is 23.8 Å². The maximum Gasteiger partial charge on any atom is 0.362 e. The van der Waals surface area contributed by atoms with Gasteiger partial charge in [0, 0.05) is 19.3 Å². The number of nitrogens with zero attached hydrogens (tertiary/aromatic N) is 1. The van der Waals surface area contributed by atoms with Crippen molar-refractivity contribution in [3.63, 3.8) is 0 Å². The van der Waals surface area contributed by atoms with Gasteiger partial charge >= 0.3 is 17.9 Å². The minimum atomic E-state index is -0.875. The lowest BCUT2D eigenvalue weighted by Gasteiger charge is -2.31. The number of rotatable bonds is 43. The van der Waals surface area contributed by atoms with Crippen molar-refractivity contribution in [1.82, 2.24) is 0 Å². The van der Waals surface area contributed by atoms with Crippen molar-refractivity contribution >= 4 is 17.9 Å². The van der Waals surface area contributed by atoms with Gasteiger partial charge in [-0.25, -0.2) is 4.79 Å². The van der Waals surface area contributed by atoms with Crippen LogP contribution in [0.25, 0.3) is 0 Å². The van der Waals surface area contributed by atoms with Gasteiger partial charge in [0.2, 0.25) is 0 Å². The molecule has 0 aliphatic rings. The first-order chi connectivity index (χ1) is 27.6. The highest BCUT2D eigenvalue weighted by Gasteiger charge is 2.31. The fourth-order valence-corrected chi connectivity index (χ4v) is 7.11. The van der Waals surface area contributed by atoms with Gasteiger partial charge in [-0.05, 0) is 38.5 Å². The quantitative estimate of drug-likeness (QED) is 0.0283. The topological polar surface area (TPSA) is 99.1 Å². The van der Waals surface area contributed by atoms with Gasteiger partial charge in [0.15, 0.2) is 12.1 Å². The third-order valence-electron chi connectivity index (χ3n) is 10.9. The first kappa shape index (κ1) is 54.8. The van der Waals surface area contributed by atoms with Crippen LogP contribution in [0, 0.1) is 0 Å². The van der Waals surface area contributed by atoms with E-state index in [1.165, 1.54) is 122 Å². The molecule has 0 saturated carbocycles. The molecule has 0 amide bonds. The summed E-state index contributed by atoms with van der Waals surface area (Å²) in [4.78, 5) is 37.0. The van der Waals surface area contributed by atoms with E-state index in [1.54, 1.807) is 0 Å². The summed E-state index contributed by atoms with van der Waals surface area (Å²) >= 11 is 0. The number of likely N-dealkylation sites (N-methyl/N-ethyl adjacent to an activating group) is 1. The second kappa shape index (κ2) is 40.6. The molecule has 0 heterocycles. The Bertz CT molecular complexity index is 989. The highest BCUT2D eigenvalue weighted by molar-refractivity contribution is 5.72. The van der Waals surface area contributed by atoms with Crippen LogP contribution in [0.5, 0.6) is 0 Å². The molecular weight excluding hydrogens is 715 g/mol. The molecule has 334 valence electrons. The number of hydrogen-bond donors (Lipinski definition) is 1. The normalized spacial score (nSPS) is 13.1. The molecule has 0 rings (SSSR count). The minimum absolute atomic E-state index is 0.0521. The van der Waals surface area contributed by atoms with Crippen LogP contribution in [0.4, 0.5) is 0 Å². The number of aliphatic carboxylic acids is 1. The summed E-state index contributed by atoms with van der Waals surface area (Å²) in [5.74, 6) is -1.47. The zero-order chi connectivity index (χ0) is 42.1. The molecule has 0 bridgehead atoms. The molecule has 57 heavy (non-hydrogen) atoms. The van der Waals surface area contributed by atoms with Gasteiger partial charge in [0.1, 0.15) is 6.61 Å². The number of unbranched alkanes of at least 4 members (excludes halogenated alkanes) is 25. The van der Waals surface area contributed by atoms with Crippen molar-refractivity contribution in [3.8, 4) is 0 Å². The molecule has 8 heteroatoms. The van der Waals surface area contributed by atoms with Crippen LogP contribution in [0.15, 0.2) is 24.3 Å². The SMILES string of the molecule is CCCC/C=C\C/C=C\CCCCCCCC(=O)OC(COCCC(C(=O)O)[N+](C)(C)C)COC(=O)CCCCCCCCCCCCCCCCCCCCC. The van der Waals surface area contributed by atoms with E-state index in [4.69, 9.17) is 14.2 Å². The Hall–Kier alpha value is -2.19. The highest BCUT2D eigenvalue weighted by atomic mass is 16.6. The monoisotopic (exact) mass is 807 g/mol. The largest absolute Gasteiger partial charge is 0.477 e. The molecule has 0 aliphatic carbocycles. The van der Waals surface area contributed by atoms with Crippen LogP contribution in [-0.4, -0.2) is 80.6 Å². The molecule has 0 fully saturated rings. The second-order valence-corrected chi connectivity index (χ2v) is 17.4. The molecule has 0 aromatic carbocycles. The molecule has 8 nitrogen and oxygen atoms in total. The van der Waals surface area contributed by atoms with E-state index in [2.05, 4.69) is 38.2 Å². The molecule has 2 unspecified atom stereocenters. The molecule has 2 atom stereocenters. The molecule has 0 aliphatic heterocycles. The molecule has 0 saturated heterocycles. The summed E-state index contributed by atoms with van der Waals surface area (Å²) in [6, 6.07) is -0.614. The van der Waals surface area contributed by atoms with Crippen LogP contribution in [0.1, 0.15) is 219 Å². The van der Waals surface area contributed by atoms with E-state index in [0.717, 1.165) is 64.2 Å². The number of carboxylic acid groups (broad SMARTS) is 1. The van der Waals surface area contributed by atoms with Crippen LogP contribution in [0.3, 0.4) is 0 Å². The third kappa shape index (κ3) is 39.1. The number of carboxylic acids is 1. The van der Waals surface area contributed by atoms with Gasteiger partial charge in [-0.15, -0.1) is 0 Å². The van der Waals surface area contributed by atoms with E-state index in [-0.39, 0.29) is 36.2 Å². The van der Waals surface area contributed by atoms with Crippen LogP contribution in [-0.2, 0) is 28.6 Å². The lowest BCUT2D eigenvalue weighted by atomic mass is 10.0. The number of carbonyl (C=O) groups excluding carboxylic acids is 2. The van der Waals surface area contributed by atoms with E-state index < -0.39 is 18.1 Å². The molecule has 0 aromatic heterocycles. The number of quaternary nitrogens is 1. The van der Waals surface area contributed by atoms with Crippen molar-refractivity contribution in [2.24, 2.45) is 0 Å². The first-order valence-corrected chi connectivity index (χ1v) is 23.9. The van der Waals surface area contributed by atoms with Crippen molar-refractivity contribution in [1.29, 1.82) is 0 Å². The van der Waals surface area contributed by atoms with Crippen LogP contribution in [0.2, 0.25) is 0 Å². The Kier molecular flexibility index (Phi) is 39.0. The van der Waals surface area contributed by atoms with Crippen LogP contribution < -0.4 is 0 Å². The summed E-state index contributed by atoms with van der Waals surface area (Å²) < 4.78 is 17.3. The van der Waals surface area contributed by atoms with Gasteiger partial charge in [-0.3, -0.25) is 9.59 Å². The average Bonchev–Trinajstić information content (AvgIpc) is 3.17. The zero-order valence-electron chi connectivity index (χ0n) is 38.1. The number of hydrogen-bond acceptors (Lipinski definition) is 6. The van der Waals surface area contributed by atoms with Crippen molar-refractivity contribution < 1.29 is 38.2 Å². The molecule has 0 spiro atoms. The zero-order valence-corrected chi connectivity index (χ0v) is 38.1. The highest BCUT2D eigenvalue weighted by Crippen LogP contribution is 2.16. The van der Waals surface area contributed by atoms with Crippen molar-refractivity contribution in [3.05, 3.63) is 24.3 Å². The third-order valence-corrected chi connectivity index (χ3v) is 10.9. The van der Waals surface area contributed by atoms with E-state index >= 15 is 0 Å². The molecule has 0 radical (unpaired) electrons. The number of esters is 2. The summed E-state index contributed by atoms with van der Waals surface area (Å²) in [5.41, 5.74) is 0. The van der Waals surface area contributed by atoms with Crippen molar-refractivity contribution in [2.45, 2.75) is 231 Å². The smallest absolute Gasteiger partial charge is 0.362 e. The van der Waals surface area contributed by atoms with Crippen LogP contribution >= 0.6 is 0 Å². The van der Waals surface area contributed by atoms with E-state index in [0.29, 0.717) is 19.3 Å². The lowest BCUT2D eigenvalue weighted by molar-refractivity contribution is -0.887. The Balaban J connectivity index is 4.25. The van der Waals surface area contributed by atoms with Gasteiger partial charge in [0.25, 0.3) is 0 Å². The maximum atomic E-state index is 12.7. The number of ether oxygens (including phenoxy) is 3. The minimum Gasteiger partial charge on any atom is -0.477 e. The molecule has 0 aromatic rings. The summed E-state index contributed by atoms with van der Waals surface area (Å²) in [7, 11) is 5.53. The summed E-state index contributed by atoms with van der Waals surface area (Å²) in [5, 5.41) is 9.63. The fraction of sp³-hybridized carbons (Fsp3) is 0.857. The fourth-order valence-electron chi connectivity index (χ4n) is 7.11. The van der Waals surface area contributed by atoms with Gasteiger partial charge in [0.05, 0.1) is 34.4 Å². The first-order valence-electron chi connectivity index (χ1n) is 23.9. The predicted molar refractivity (Wildman–Crippen MR) is 238 cm³/mol. The molecular formula is C49H92NO7+. The Labute approximate surface area is 351 Å². The van der Waals surface area contributed by atoms with Crippen molar-refractivity contribution in [2.75, 3.05) is 41.0 Å². The molecule has 1 N–H and O–H groups in total.